The third-order valence-electron chi connectivity index (χ3n) is 11.2. The summed E-state index contributed by atoms with van der Waals surface area (Å²) in [5.41, 5.74) is 4.14. The van der Waals surface area contributed by atoms with Crippen LogP contribution in [0.2, 0.25) is 0 Å². The number of nitrogens with zero attached hydrogens (tertiary/aromatic N) is 4. The van der Waals surface area contributed by atoms with E-state index >= 15 is 0 Å². The first-order valence-electron chi connectivity index (χ1n) is 23.5. The molecule has 1 aliphatic rings. The van der Waals surface area contributed by atoms with Gasteiger partial charge in [0.2, 0.25) is 11.8 Å². The van der Waals surface area contributed by atoms with Crippen molar-refractivity contribution in [3.8, 4) is 0 Å². The third kappa shape index (κ3) is 26.3. The molecule has 2 amide bonds. The lowest BCUT2D eigenvalue weighted by Gasteiger charge is -2.35. The van der Waals surface area contributed by atoms with E-state index in [2.05, 4.69) is 50.4 Å². The molecule has 2 aromatic rings. The van der Waals surface area contributed by atoms with Crippen LogP contribution in [0, 0.1) is 5.41 Å². The van der Waals surface area contributed by atoms with Crippen LogP contribution in [0.25, 0.3) is 11.2 Å². The van der Waals surface area contributed by atoms with Gasteiger partial charge in [-0.25, -0.2) is 19.3 Å². The Balaban J connectivity index is 0.0000168. The second-order valence-corrected chi connectivity index (χ2v) is 22.9. The van der Waals surface area contributed by atoms with Gasteiger partial charge >= 0.3 is 0 Å². The minimum atomic E-state index is -5.90. The van der Waals surface area contributed by atoms with Crippen molar-refractivity contribution >= 4 is 69.1 Å². The number of carbonyl (C=O) groups excluding carboxylic acids is 3. The number of unbranched alkanes of at least 4 members (excludes halogenated alkanes) is 16. The van der Waals surface area contributed by atoms with E-state index in [-0.39, 0.29) is 60.1 Å². The summed E-state index contributed by atoms with van der Waals surface area (Å²) in [4.78, 5) is 95.0. The summed E-state index contributed by atoms with van der Waals surface area (Å²) in [5.74, 6) is -1.10. The Morgan fingerprint density at radius 3 is 1.93 bits per heavy atom. The van der Waals surface area contributed by atoms with Gasteiger partial charge in [-0.05, 0) is 6.42 Å². The normalized spacial score (nSPS) is 19.7. The van der Waals surface area contributed by atoms with Gasteiger partial charge in [0, 0.05) is 37.1 Å². The van der Waals surface area contributed by atoms with Crippen molar-refractivity contribution in [2.24, 2.45) is 5.41 Å². The second-order valence-electron chi connectivity index (χ2n) is 17.6. The molecule has 27 nitrogen and oxygen atoms in total. The number of hydrogen-bond donors (Lipinski definition) is 9. The Morgan fingerprint density at radius 2 is 1.38 bits per heavy atom. The number of hydrogen-bond acceptors (Lipinski definition) is 21. The summed E-state index contributed by atoms with van der Waals surface area (Å²) in [6.45, 7) is 2.49. The fraction of sp³-hybridized carbons (Fsp3) is 0.805. The molecule has 0 bridgehead atoms. The Kier molecular flexibility index (Phi) is 33.7. The van der Waals surface area contributed by atoms with Crippen LogP contribution in [0.4, 0.5) is 5.82 Å². The highest BCUT2D eigenvalue weighted by atomic mass is 32.2. The number of thioether (sulfide) groups is 1. The van der Waals surface area contributed by atoms with Crippen LogP contribution < -0.4 is 49.5 Å². The number of amides is 2. The number of fused-ring (bicyclic) bond motifs is 1. The molecule has 1 fully saturated rings. The SMILES string of the molecule is CCCCCCCCCCCCCCCCCCCC(=O)SCCNC(=O)CCNC(=O)[C@H](O)C(C)(C)COP(=O)([O-])OP(=O)([O-])OC[C@H]1O[C@@H](n2cnc3c(N)ncnc32)[C@H](O)[C@@H]1OP(=O)([O-])O.[NH4+].[NH4+].[NH4+]. The Morgan fingerprint density at radius 1 is 0.833 bits per heavy atom. The number of quaternary nitrogens is 3. The molecule has 0 radical (unpaired) electrons. The number of nitrogen functional groups attached to an aromatic ring is 1. The molecule has 1 aliphatic heterocycles. The van der Waals surface area contributed by atoms with Crippen LogP contribution in [0.3, 0.4) is 0 Å². The number of phosphoric ester groups is 3. The molecule has 19 N–H and O–H groups in total. The van der Waals surface area contributed by atoms with Crippen molar-refractivity contribution in [1.29, 1.82) is 0 Å². The molecule has 0 aromatic carbocycles. The fourth-order valence-corrected chi connectivity index (χ4v) is 10.8. The topological polar surface area (TPSA) is 482 Å². The predicted octanol–water partition coefficient (Wildman–Crippen LogP) is 4.94. The maximum absolute atomic E-state index is 12.7. The fourth-order valence-electron chi connectivity index (χ4n) is 7.34. The first kappa shape index (κ1) is 69.4. The molecule has 0 aliphatic carbocycles. The summed E-state index contributed by atoms with van der Waals surface area (Å²) in [5, 5.41) is 26.6. The molecule has 3 rings (SSSR count). The zero-order valence-electron chi connectivity index (χ0n) is 42.7. The number of nitrogens with two attached hydrogens (primary N) is 1. The van der Waals surface area contributed by atoms with Crippen molar-refractivity contribution in [2.75, 3.05) is 37.8 Å². The number of ether oxygens (including phenoxy) is 1. The van der Waals surface area contributed by atoms with Gasteiger partial charge in [0.25, 0.3) is 23.5 Å². The Hall–Kier alpha value is -2.56. The lowest BCUT2D eigenvalue weighted by Crippen LogP contribution is -2.46. The van der Waals surface area contributed by atoms with E-state index in [9.17, 15) is 57.9 Å². The lowest BCUT2D eigenvalue weighted by molar-refractivity contribution is -0.247. The molecule has 420 valence electrons. The van der Waals surface area contributed by atoms with Crippen molar-refractivity contribution in [3.63, 3.8) is 0 Å². The van der Waals surface area contributed by atoms with E-state index in [1.54, 1.807) is 0 Å². The van der Waals surface area contributed by atoms with E-state index in [1.165, 1.54) is 104 Å². The summed E-state index contributed by atoms with van der Waals surface area (Å²) in [7, 11) is -17.3. The quantitative estimate of drug-likeness (QED) is 0.0319. The summed E-state index contributed by atoms with van der Waals surface area (Å²) < 4.78 is 61.2. The number of carbonyl (C=O) groups is 3. The summed E-state index contributed by atoms with van der Waals surface area (Å²) >= 11 is 1.15. The molecule has 0 saturated carbocycles. The van der Waals surface area contributed by atoms with Crippen LogP contribution in [0.5, 0.6) is 0 Å². The monoisotopic (exact) mass is 1110 g/mol. The van der Waals surface area contributed by atoms with Crippen molar-refractivity contribution in [2.45, 2.75) is 173 Å². The number of imidazole rings is 1. The lowest BCUT2D eigenvalue weighted by atomic mass is 9.87. The molecule has 3 unspecified atom stereocenters. The summed E-state index contributed by atoms with van der Waals surface area (Å²) in [6, 6.07) is 0. The van der Waals surface area contributed by atoms with Gasteiger partial charge in [0.15, 0.2) is 22.8 Å². The van der Waals surface area contributed by atoms with Crippen LogP contribution in [-0.4, -0.2) is 108 Å². The first-order chi connectivity index (χ1) is 32.6. The highest BCUT2D eigenvalue weighted by Crippen LogP contribution is 2.56. The zero-order chi connectivity index (χ0) is 51.1. The number of anilines is 1. The molecule has 31 heteroatoms. The van der Waals surface area contributed by atoms with Crippen molar-refractivity contribution in [1.82, 2.24) is 48.6 Å². The van der Waals surface area contributed by atoms with Crippen LogP contribution in [0.15, 0.2) is 12.7 Å². The molecule has 2 aromatic heterocycles. The van der Waals surface area contributed by atoms with Gasteiger partial charge < -0.3 is 82.9 Å². The zero-order valence-corrected chi connectivity index (χ0v) is 46.2. The van der Waals surface area contributed by atoms with Crippen molar-refractivity contribution in [3.05, 3.63) is 12.7 Å². The Bertz CT molecular complexity index is 2040. The number of phosphoric acid groups is 3. The molecule has 72 heavy (non-hydrogen) atoms. The van der Waals surface area contributed by atoms with Gasteiger partial charge in [0.1, 0.15) is 36.3 Å². The highest BCUT2D eigenvalue weighted by Gasteiger charge is 2.48. The standard InChI is InChI=1S/C41H74N7O17P3S.3H3N/c1-4-5-6-7-8-9-10-11-12-13-14-15-16-17-18-19-20-21-32(50)69-25-24-43-31(49)22-23-44-39(53)36(52)41(2,3)27-62-68(59,60)65-67(57,58)61-26-30-35(64-66(54,55)56)34(51)40(63-30)48-29-47-33-37(42)45-28-46-38(33)48;;;/h28-30,34-36,40,51-52H,4-27H2,1-3H3,(H,43,49)(H,44,53)(H,57,58)(H,59,60)(H2,42,45,46)(H2,54,55,56);3*1H3/t30-,34-,35-,36+,40-;;;/m1.../s1. The number of aliphatic hydroxyl groups is 2. The minimum Gasteiger partial charge on any atom is -0.756 e. The number of nitrogens with one attached hydrogen (secondary N) is 2. The second kappa shape index (κ2) is 34.9. The molecular weight excluding hydrogens is 1030 g/mol. The minimum absolute atomic E-state index is 0. The van der Waals surface area contributed by atoms with Gasteiger partial charge in [-0.3, -0.25) is 32.6 Å². The molecular formula is C41H83N10O17P3S. The number of aliphatic hydroxyl groups excluding tert-OH is 2. The smallest absolute Gasteiger partial charge is 0.274 e. The van der Waals surface area contributed by atoms with Crippen LogP contribution in [-0.2, 0) is 50.7 Å². The average molecular weight is 1110 g/mol. The van der Waals surface area contributed by atoms with Gasteiger partial charge in [0.05, 0.1) is 19.5 Å². The molecule has 8 atom stereocenters. The third-order valence-corrected chi connectivity index (χ3v) is 15.2. The van der Waals surface area contributed by atoms with Crippen LogP contribution in [0.1, 0.15) is 149 Å². The average Bonchev–Trinajstić information content (AvgIpc) is 3.84. The van der Waals surface area contributed by atoms with E-state index in [1.807, 2.05) is 0 Å². The molecule has 3 heterocycles. The van der Waals surface area contributed by atoms with Crippen LogP contribution >= 0.6 is 35.2 Å². The molecule has 1 saturated heterocycles. The maximum Gasteiger partial charge on any atom is 0.274 e. The van der Waals surface area contributed by atoms with E-state index < -0.39 is 84.6 Å². The van der Waals surface area contributed by atoms with E-state index in [4.69, 9.17) is 10.5 Å². The first-order valence-corrected chi connectivity index (χ1v) is 29.0. The summed E-state index contributed by atoms with van der Waals surface area (Å²) in [6.07, 6.45) is 14.6. The number of aromatic nitrogens is 4. The Labute approximate surface area is 426 Å². The van der Waals surface area contributed by atoms with E-state index in [0.717, 1.165) is 48.2 Å². The predicted molar refractivity (Wildman–Crippen MR) is 267 cm³/mol. The maximum atomic E-state index is 12.7. The number of rotatable bonds is 37. The van der Waals surface area contributed by atoms with Gasteiger partial charge in [-0.1, -0.05) is 135 Å². The van der Waals surface area contributed by atoms with Gasteiger partial charge in [-0.2, -0.15) is 0 Å². The largest absolute Gasteiger partial charge is 0.756 e. The highest BCUT2D eigenvalue weighted by molar-refractivity contribution is 8.13. The molecule has 0 spiro atoms. The van der Waals surface area contributed by atoms with E-state index in [0.29, 0.717) is 12.2 Å². The van der Waals surface area contributed by atoms with Gasteiger partial charge in [-0.15, -0.1) is 0 Å². The van der Waals surface area contributed by atoms with Crippen molar-refractivity contribution < 1.29 is 80.5 Å².